The maximum atomic E-state index is 12.7. The van der Waals surface area contributed by atoms with Crippen molar-refractivity contribution in [3.05, 3.63) is 34.6 Å². The fourth-order valence-corrected chi connectivity index (χ4v) is 3.33. The number of nitrogens with one attached hydrogen (secondary N) is 1. The number of carbonyl (C=O) groups is 1. The van der Waals surface area contributed by atoms with Crippen LogP contribution in [0.2, 0.25) is 0 Å². The summed E-state index contributed by atoms with van der Waals surface area (Å²) in [7, 11) is 0. The minimum atomic E-state index is -0.369. The van der Waals surface area contributed by atoms with Gasteiger partial charge in [-0.05, 0) is 13.0 Å². The van der Waals surface area contributed by atoms with Gasteiger partial charge in [0.05, 0.1) is 25.5 Å². The van der Waals surface area contributed by atoms with Crippen LogP contribution >= 0.6 is 11.8 Å². The topological polar surface area (TPSA) is 97.2 Å². The fraction of sp³-hybridized carbons (Fsp3) is 0.312. The summed E-state index contributed by atoms with van der Waals surface area (Å²) >= 11 is 1.13. The molecule has 1 aromatic carbocycles. The van der Waals surface area contributed by atoms with Crippen LogP contribution in [0.3, 0.4) is 0 Å². The summed E-state index contributed by atoms with van der Waals surface area (Å²) in [6, 6.07) is 7.51. The maximum Gasteiger partial charge on any atom is 0.316 e. The van der Waals surface area contributed by atoms with Crippen LogP contribution in [0.1, 0.15) is 6.92 Å². The second-order valence-corrected chi connectivity index (χ2v) is 6.01. The van der Waals surface area contributed by atoms with Crippen LogP contribution in [0.5, 0.6) is 0 Å². The van der Waals surface area contributed by atoms with E-state index in [1.54, 1.807) is 6.92 Å². The van der Waals surface area contributed by atoms with E-state index in [9.17, 15) is 14.7 Å². The van der Waals surface area contributed by atoms with E-state index in [0.29, 0.717) is 22.8 Å². The molecule has 0 aliphatic heterocycles. The van der Waals surface area contributed by atoms with E-state index < -0.39 is 0 Å². The number of thioether (sulfide) groups is 1. The molecule has 0 fully saturated rings. The van der Waals surface area contributed by atoms with Crippen LogP contribution in [0.15, 0.2) is 34.2 Å². The predicted octanol–water partition coefficient (Wildman–Crippen LogP) is 1.53. The van der Waals surface area contributed by atoms with E-state index in [4.69, 9.17) is 4.74 Å². The summed E-state index contributed by atoms with van der Waals surface area (Å²) in [5, 5.41) is 10.5. The number of esters is 1. The minimum Gasteiger partial charge on any atom is -0.465 e. The van der Waals surface area contributed by atoms with E-state index in [-0.39, 0.29) is 30.4 Å². The summed E-state index contributed by atoms with van der Waals surface area (Å²) in [6.07, 6.45) is 0. The van der Waals surface area contributed by atoms with E-state index in [1.807, 2.05) is 24.3 Å². The van der Waals surface area contributed by atoms with E-state index in [0.717, 1.165) is 22.7 Å². The van der Waals surface area contributed by atoms with Crippen molar-refractivity contribution in [2.75, 3.05) is 19.0 Å². The lowest BCUT2D eigenvalue weighted by molar-refractivity contribution is -0.139. The average Bonchev–Trinajstić information content (AvgIpc) is 2.95. The van der Waals surface area contributed by atoms with Crippen molar-refractivity contribution >= 4 is 39.7 Å². The Hall–Kier alpha value is -2.32. The SMILES string of the molecule is CCOC(=O)CSc1nc2c([nH]c3ccccc32)c(=O)n1CCO. The molecular weight excluding hydrogens is 330 g/mol. The van der Waals surface area contributed by atoms with Crippen LogP contribution < -0.4 is 5.56 Å². The van der Waals surface area contributed by atoms with E-state index in [1.165, 1.54) is 4.57 Å². The van der Waals surface area contributed by atoms with Crippen molar-refractivity contribution in [2.24, 2.45) is 0 Å². The van der Waals surface area contributed by atoms with Crippen molar-refractivity contribution in [3.63, 3.8) is 0 Å². The molecule has 126 valence electrons. The van der Waals surface area contributed by atoms with Gasteiger partial charge in [0.25, 0.3) is 5.56 Å². The number of aliphatic hydroxyl groups excluding tert-OH is 1. The molecule has 0 saturated heterocycles. The zero-order chi connectivity index (χ0) is 17.1. The molecule has 0 saturated carbocycles. The summed E-state index contributed by atoms with van der Waals surface area (Å²) < 4.78 is 6.28. The molecule has 0 radical (unpaired) electrons. The number of fused-ring (bicyclic) bond motifs is 3. The van der Waals surface area contributed by atoms with Gasteiger partial charge in [0.1, 0.15) is 11.0 Å². The van der Waals surface area contributed by atoms with Gasteiger partial charge in [-0.2, -0.15) is 0 Å². The number of benzene rings is 1. The Morgan fingerprint density at radius 1 is 1.42 bits per heavy atom. The van der Waals surface area contributed by atoms with Gasteiger partial charge >= 0.3 is 5.97 Å². The van der Waals surface area contributed by atoms with Gasteiger partial charge in [0, 0.05) is 10.9 Å². The first-order valence-electron chi connectivity index (χ1n) is 7.56. The third kappa shape index (κ3) is 3.02. The van der Waals surface area contributed by atoms with Gasteiger partial charge in [-0.15, -0.1) is 0 Å². The normalized spacial score (nSPS) is 11.2. The van der Waals surface area contributed by atoms with Crippen LogP contribution in [0.4, 0.5) is 0 Å². The summed E-state index contributed by atoms with van der Waals surface area (Å²) in [4.78, 5) is 31.9. The molecule has 0 amide bonds. The molecular formula is C16H17N3O4S. The largest absolute Gasteiger partial charge is 0.465 e. The van der Waals surface area contributed by atoms with E-state index in [2.05, 4.69) is 9.97 Å². The Morgan fingerprint density at radius 2 is 2.21 bits per heavy atom. The zero-order valence-electron chi connectivity index (χ0n) is 13.1. The molecule has 0 atom stereocenters. The first kappa shape index (κ1) is 16.5. The summed E-state index contributed by atoms with van der Waals surface area (Å²) in [6.45, 7) is 1.96. The van der Waals surface area contributed by atoms with Crippen LogP contribution in [0, 0.1) is 0 Å². The van der Waals surface area contributed by atoms with E-state index >= 15 is 0 Å². The molecule has 0 spiro atoms. The number of aliphatic hydroxyl groups is 1. The Morgan fingerprint density at radius 3 is 2.96 bits per heavy atom. The van der Waals surface area contributed by atoms with Crippen LogP contribution in [-0.4, -0.2) is 44.6 Å². The zero-order valence-corrected chi connectivity index (χ0v) is 13.9. The van der Waals surface area contributed by atoms with Gasteiger partial charge in [0.2, 0.25) is 0 Å². The number of hydrogen-bond donors (Lipinski definition) is 2. The standard InChI is InChI=1S/C16H17N3O4S/c1-2-23-12(21)9-24-16-18-13-10-5-3-4-6-11(10)17-14(13)15(22)19(16)7-8-20/h3-6,17,20H,2,7-9H2,1H3. The molecule has 0 aliphatic carbocycles. The van der Waals surface area contributed by atoms with Gasteiger partial charge in [-0.3, -0.25) is 14.2 Å². The predicted molar refractivity (Wildman–Crippen MR) is 92.3 cm³/mol. The number of rotatable bonds is 6. The van der Waals surface area contributed by atoms with Gasteiger partial charge in [-0.1, -0.05) is 30.0 Å². The lowest BCUT2D eigenvalue weighted by atomic mass is 10.2. The Bertz CT molecular complexity index is 948. The van der Waals surface area contributed by atoms with Crippen molar-refractivity contribution in [2.45, 2.75) is 18.6 Å². The first-order chi connectivity index (χ1) is 11.7. The maximum absolute atomic E-state index is 12.7. The summed E-state index contributed by atoms with van der Waals surface area (Å²) in [5.41, 5.74) is 1.51. The second kappa shape index (κ2) is 7.06. The van der Waals surface area contributed by atoms with Gasteiger partial charge < -0.3 is 14.8 Å². The third-order valence-corrected chi connectivity index (χ3v) is 4.47. The van der Waals surface area contributed by atoms with Crippen molar-refractivity contribution in [3.8, 4) is 0 Å². The molecule has 8 heteroatoms. The lowest BCUT2D eigenvalue weighted by Crippen LogP contribution is -2.25. The molecule has 0 unspecified atom stereocenters. The number of para-hydroxylation sites is 1. The van der Waals surface area contributed by atoms with Crippen molar-refractivity contribution in [1.29, 1.82) is 0 Å². The highest BCUT2D eigenvalue weighted by atomic mass is 32.2. The van der Waals surface area contributed by atoms with Crippen LogP contribution in [0.25, 0.3) is 21.9 Å². The highest BCUT2D eigenvalue weighted by Crippen LogP contribution is 2.24. The second-order valence-electron chi connectivity index (χ2n) is 5.06. The van der Waals surface area contributed by atoms with Crippen LogP contribution in [-0.2, 0) is 16.1 Å². The lowest BCUT2D eigenvalue weighted by Gasteiger charge is -2.10. The van der Waals surface area contributed by atoms with Gasteiger partial charge in [0.15, 0.2) is 5.16 Å². The highest BCUT2D eigenvalue weighted by molar-refractivity contribution is 7.99. The molecule has 3 rings (SSSR count). The molecule has 2 heterocycles. The third-order valence-electron chi connectivity index (χ3n) is 3.52. The average molecular weight is 347 g/mol. The number of aromatic nitrogens is 3. The summed E-state index contributed by atoms with van der Waals surface area (Å²) in [5.74, 6) is -0.314. The Labute approximate surface area is 141 Å². The fourth-order valence-electron chi connectivity index (χ4n) is 2.51. The number of aromatic amines is 1. The minimum absolute atomic E-state index is 0.0551. The smallest absolute Gasteiger partial charge is 0.316 e. The molecule has 2 aromatic heterocycles. The quantitative estimate of drug-likeness (QED) is 0.399. The number of carbonyl (C=O) groups excluding carboxylic acids is 1. The molecule has 2 N–H and O–H groups in total. The Balaban J connectivity index is 2.11. The molecule has 0 aliphatic rings. The molecule has 0 bridgehead atoms. The Kier molecular flexibility index (Phi) is 4.86. The van der Waals surface area contributed by atoms with Crippen molar-refractivity contribution < 1.29 is 14.6 Å². The monoisotopic (exact) mass is 347 g/mol. The molecule has 7 nitrogen and oxygen atoms in total. The number of H-pyrrole nitrogens is 1. The van der Waals surface area contributed by atoms with Crippen molar-refractivity contribution in [1.82, 2.24) is 14.5 Å². The first-order valence-corrected chi connectivity index (χ1v) is 8.54. The number of ether oxygens (including phenoxy) is 1. The number of hydrogen-bond acceptors (Lipinski definition) is 6. The molecule has 24 heavy (non-hydrogen) atoms. The molecule has 3 aromatic rings. The highest BCUT2D eigenvalue weighted by Gasteiger charge is 2.16. The number of nitrogens with zero attached hydrogens (tertiary/aromatic N) is 2. The van der Waals surface area contributed by atoms with Gasteiger partial charge in [-0.25, -0.2) is 4.98 Å².